The maximum absolute atomic E-state index is 12.3. The number of ether oxygens (including phenoxy) is 2. The van der Waals surface area contributed by atoms with E-state index in [1.165, 1.54) is 0 Å². The molecule has 0 bridgehead atoms. The summed E-state index contributed by atoms with van der Waals surface area (Å²) in [6.45, 7) is 1.99. The molecule has 2 saturated heterocycles. The van der Waals surface area contributed by atoms with E-state index in [4.69, 9.17) is 14.6 Å². The summed E-state index contributed by atoms with van der Waals surface area (Å²) in [5.74, 6) is -0.913. The minimum atomic E-state index is -0.901. The first-order chi connectivity index (χ1) is 9.16. The second-order valence-electron chi connectivity index (χ2n) is 5.11. The van der Waals surface area contributed by atoms with Gasteiger partial charge in [-0.05, 0) is 19.3 Å². The molecule has 2 aliphatic rings. The maximum Gasteiger partial charge on any atom is 0.305 e. The van der Waals surface area contributed by atoms with E-state index in [2.05, 4.69) is 0 Å². The van der Waals surface area contributed by atoms with Crippen LogP contribution in [0.1, 0.15) is 32.1 Å². The van der Waals surface area contributed by atoms with Crippen LogP contribution in [0.3, 0.4) is 0 Å². The van der Waals surface area contributed by atoms with Crippen molar-refractivity contribution < 1.29 is 24.2 Å². The summed E-state index contributed by atoms with van der Waals surface area (Å²) in [6, 6.07) is -0.345. The Hall–Kier alpha value is -1.14. The number of hydrogen-bond donors (Lipinski definition) is 1. The Kier molecular flexibility index (Phi) is 5.15. The molecule has 2 atom stereocenters. The predicted octanol–water partition coefficient (Wildman–Crippen LogP) is 0.648. The van der Waals surface area contributed by atoms with Crippen LogP contribution < -0.4 is 0 Å². The van der Waals surface area contributed by atoms with Gasteiger partial charge in [-0.15, -0.1) is 0 Å². The number of carbonyl (C=O) groups excluding carboxylic acids is 1. The molecule has 0 aromatic carbocycles. The Labute approximate surface area is 112 Å². The van der Waals surface area contributed by atoms with Crippen LogP contribution in [-0.2, 0) is 19.1 Å². The van der Waals surface area contributed by atoms with Crippen LogP contribution in [-0.4, -0.2) is 60.4 Å². The van der Waals surface area contributed by atoms with Crippen LogP contribution in [0.5, 0.6) is 0 Å². The highest BCUT2D eigenvalue weighted by molar-refractivity contribution is 5.78. The molecule has 1 amide bonds. The van der Waals surface area contributed by atoms with Crippen LogP contribution in [0.25, 0.3) is 0 Å². The van der Waals surface area contributed by atoms with E-state index in [9.17, 15) is 9.59 Å². The Bertz CT molecular complexity index is 327. The van der Waals surface area contributed by atoms with Crippen molar-refractivity contribution in [3.63, 3.8) is 0 Å². The topological polar surface area (TPSA) is 76.1 Å². The molecule has 0 radical (unpaired) electrons. The number of morpholine rings is 1. The summed E-state index contributed by atoms with van der Waals surface area (Å²) in [5, 5.41) is 8.87. The number of amides is 1. The minimum absolute atomic E-state index is 0.00503. The maximum atomic E-state index is 12.3. The van der Waals surface area contributed by atoms with E-state index >= 15 is 0 Å². The average molecular weight is 271 g/mol. The van der Waals surface area contributed by atoms with Gasteiger partial charge in [0.1, 0.15) is 0 Å². The van der Waals surface area contributed by atoms with E-state index in [1.54, 1.807) is 4.90 Å². The van der Waals surface area contributed by atoms with Gasteiger partial charge in [0.15, 0.2) is 0 Å². The van der Waals surface area contributed by atoms with Crippen LogP contribution in [0.15, 0.2) is 0 Å². The second kappa shape index (κ2) is 6.86. The molecule has 0 spiro atoms. The Morgan fingerprint density at radius 3 is 2.74 bits per heavy atom. The van der Waals surface area contributed by atoms with Gasteiger partial charge in [-0.25, -0.2) is 0 Å². The highest BCUT2D eigenvalue weighted by Crippen LogP contribution is 2.19. The van der Waals surface area contributed by atoms with E-state index < -0.39 is 5.97 Å². The molecule has 1 N–H and O–H groups in total. The summed E-state index contributed by atoms with van der Waals surface area (Å²) in [4.78, 5) is 24.7. The number of hydrogen-bond acceptors (Lipinski definition) is 4. The molecule has 0 aliphatic carbocycles. The van der Waals surface area contributed by atoms with Crippen molar-refractivity contribution in [2.75, 3.05) is 26.4 Å². The van der Waals surface area contributed by atoms with E-state index in [-0.39, 0.29) is 24.5 Å². The zero-order valence-electron chi connectivity index (χ0n) is 11.0. The number of carbonyl (C=O) groups is 2. The van der Waals surface area contributed by atoms with Crippen LogP contribution in [0.2, 0.25) is 0 Å². The van der Waals surface area contributed by atoms with Gasteiger partial charge >= 0.3 is 5.97 Å². The van der Waals surface area contributed by atoms with Crippen LogP contribution in [0.4, 0.5) is 0 Å². The van der Waals surface area contributed by atoms with E-state index in [1.807, 2.05) is 0 Å². The zero-order valence-corrected chi connectivity index (χ0v) is 11.0. The predicted molar refractivity (Wildman–Crippen MR) is 66.8 cm³/mol. The Morgan fingerprint density at radius 2 is 2.05 bits per heavy atom. The van der Waals surface area contributed by atoms with Crippen molar-refractivity contribution in [1.29, 1.82) is 0 Å². The molecule has 108 valence electrons. The molecule has 0 unspecified atom stereocenters. The molecule has 2 aliphatic heterocycles. The third-order valence-electron chi connectivity index (χ3n) is 3.63. The first kappa shape index (κ1) is 14.3. The molecule has 0 aromatic rings. The van der Waals surface area contributed by atoms with Crippen molar-refractivity contribution in [2.45, 2.75) is 44.2 Å². The SMILES string of the molecule is O=C(O)C[C@@H]1COCCN1C(=O)C[C@H]1CCCCO1. The van der Waals surface area contributed by atoms with Gasteiger partial charge in [-0.1, -0.05) is 0 Å². The number of nitrogens with zero attached hydrogens (tertiary/aromatic N) is 1. The van der Waals surface area contributed by atoms with Gasteiger partial charge in [-0.3, -0.25) is 9.59 Å². The molecule has 0 saturated carbocycles. The summed E-state index contributed by atoms with van der Waals surface area (Å²) in [7, 11) is 0. The number of carboxylic acid groups (broad SMARTS) is 1. The Morgan fingerprint density at radius 1 is 1.21 bits per heavy atom. The molecule has 0 aromatic heterocycles. The molecule has 2 rings (SSSR count). The van der Waals surface area contributed by atoms with Gasteiger partial charge < -0.3 is 19.5 Å². The summed E-state index contributed by atoms with van der Waals surface area (Å²) in [6.07, 6.45) is 3.37. The summed E-state index contributed by atoms with van der Waals surface area (Å²) >= 11 is 0. The fourth-order valence-corrected chi connectivity index (χ4v) is 2.63. The molecular formula is C13H21NO5. The number of rotatable bonds is 4. The highest BCUT2D eigenvalue weighted by atomic mass is 16.5. The minimum Gasteiger partial charge on any atom is -0.481 e. The number of carboxylic acids is 1. The number of aliphatic carboxylic acids is 1. The highest BCUT2D eigenvalue weighted by Gasteiger charge is 2.30. The van der Waals surface area contributed by atoms with Crippen LogP contribution in [0, 0.1) is 0 Å². The lowest BCUT2D eigenvalue weighted by atomic mass is 10.0. The van der Waals surface area contributed by atoms with Crippen molar-refractivity contribution in [1.82, 2.24) is 4.90 Å². The lowest BCUT2D eigenvalue weighted by Crippen LogP contribution is -2.50. The molecule has 19 heavy (non-hydrogen) atoms. The first-order valence-corrected chi connectivity index (χ1v) is 6.87. The first-order valence-electron chi connectivity index (χ1n) is 6.87. The Balaban J connectivity index is 1.88. The van der Waals surface area contributed by atoms with Crippen molar-refractivity contribution >= 4 is 11.9 Å². The summed E-state index contributed by atoms with van der Waals surface area (Å²) < 4.78 is 10.8. The largest absolute Gasteiger partial charge is 0.481 e. The fourth-order valence-electron chi connectivity index (χ4n) is 2.63. The van der Waals surface area contributed by atoms with Crippen molar-refractivity contribution in [3.05, 3.63) is 0 Å². The monoisotopic (exact) mass is 271 g/mol. The zero-order chi connectivity index (χ0) is 13.7. The van der Waals surface area contributed by atoms with Gasteiger partial charge in [0.05, 0.1) is 38.2 Å². The molecule has 6 nitrogen and oxygen atoms in total. The normalized spacial score (nSPS) is 28.1. The van der Waals surface area contributed by atoms with Crippen molar-refractivity contribution in [3.8, 4) is 0 Å². The molecule has 2 heterocycles. The van der Waals surface area contributed by atoms with Crippen molar-refractivity contribution in [2.24, 2.45) is 0 Å². The van der Waals surface area contributed by atoms with E-state index in [0.717, 1.165) is 25.9 Å². The standard InChI is InChI=1S/C13H21NO5/c15-12(8-11-3-1-2-5-19-11)14-4-6-18-9-10(14)7-13(16)17/h10-11H,1-9H2,(H,16,17)/t10-,11-/m1/s1. The van der Waals surface area contributed by atoms with Gasteiger partial charge in [-0.2, -0.15) is 0 Å². The van der Waals surface area contributed by atoms with Gasteiger partial charge in [0, 0.05) is 13.2 Å². The third-order valence-corrected chi connectivity index (χ3v) is 3.63. The van der Waals surface area contributed by atoms with Gasteiger partial charge in [0.25, 0.3) is 0 Å². The smallest absolute Gasteiger partial charge is 0.305 e. The second-order valence-corrected chi connectivity index (χ2v) is 5.11. The summed E-state index contributed by atoms with van der Waals surface area (Å²) in [5.41, 5.74) is 0. The lowest BCUT2D eigenvalue weighted by molar-refractivity contribution is -0.148. The molecule has 6 heteroatoms. The van der Waals surface area contributed by atoms with Gasteiger partial charge in [0.2, 0.25) is 5.91 Å². The lowest BCUT2D eigenvalue weighted by Gasteiger charge is -2.36. The molecule has 2 fully saturated rings. The molecular weight excluding hydrogens is 250 g/mol. The van der Waals surface area contributed by atoms with E-state index in [0.29, 0.717) is 26.2 Å². The fraction of sp³-hybridized carbons (Fsp3) is 0.846. The quantitative estimate of drug-likeness (QED) is 0.812. The third kappa shape index (κ3) is 4.18. The average Bonchev–Trinajstić information content (AvgIpc) is 2.39. The van der Waals surface area contributed by atoms with Crippen LogP contribution >= 0.6 is 0 Å².